The van der Waals surface area contributed by atoms with Gasteiger partial charge in [0.2, 0.25) is 0 Å². The van der Waals surface area contributed by atoms with Gasteiger partial charge in [-0.3, -0.25) is 15.1 Å². The molecule has 19 heavy (non-hydrogen) atoms. The molecule has 1 N–H and O–H groups in total. The number of benzene rings is 1. The molecular formula is C14H15N3O2. The van der Waals surface area contributed by atoms with Crippen LogP contribution in [0.4, 0.5) is 11.4 Å². The Bertz CT molecular complexity index is 611. The van der Waals surface area contributed by atoms with E-state index in [9.17, 15) is 10.1 Å². The van der Waals surface area contributed by atoms with Crippen LogP contribution < -0.4 is 5.32 Å². The van der Waals surface area contributed by atoms with Crippen molar-refractivity contribution in [3.05, 3.63) is 63.5 Å². The largest absolute Gasteiger partial charge is 0.379 e. The summed E-state index contributed by atoms with van der Waals surface area (Å²) in [6.07, 6.45) is 0. The third-order valence-electron chi connectivity index (χ3n) is 2.69. The lowest BCUT2D eigenvalue weighted by Crippen LogP contribution is -2.03. The number of hydrogen-bond acceptors (Lipinski definition) is 4. The second-order valence-electron chi connectivity index (χ2n) is 4.44. The normalized spacial score (nSPS) is 10.2. The minimum Gasteiger partial charge on any atom is -0.379 e. The molecule has 0 radical (unpaired) electrons. The lowest BCUT2D eigenvalue weighted by Gasteiger charge is -2.07. The van der Waals surface area contributed by atoms with E-state index in [1.807, 2.05) is 38.1 Å². The first-order chi connectivity index (χ1) is 9.04. The van der Waals surface area contributed by atoms with Crippen LogP contribution >= 0.6 is 0 Å². The van der Waals surface area contributed by atoms with Crippen molar-refractivity contribution >= 4 is 11.4 Å². The molecule has 1 aromatic heterocycles. The molecule has 0 amide bonds. The molecule has 0 saturated carbocycles. The SMILES string of the molecule is Cc1cc(NCc2cccc(C)n2)cc([N+](=O)[O-])c1. The third-order valence-corrected chi connectivity index (χ3v) is 2.69. The van der Waals surface area contributed by atoms with Gasteiger partial charge in [-0.15, -0.1) is 0 Å². The summed E-state index contributed by atoms with van der Waals surface area (Å²) in [4.78, 5) is 14.8. The lowest BCUT2D eigenvalue weighted by molar-refractivity contribution is -0.384. The molecule has 0 saturated heterocycles. The summed E-state index contributed by atoms with van der Waals surface area (Å²) in [7, 11) is 0. The Balaban J connectivity index is 2.13. The van der Waals surface area contributed by atoms with Crippen LogP contribution in [0.15, 0.2) is 36.4 Å². The molecule has 0 unspecified atom stereocenters. The van der Waals surface area contributed by atoms with E-state index in [0.29, 0.717) is 6.54 Å². The van der Waals surface area contributed by atoms with Gasteiger partial charge in [-0.2, -0.15) is 0 Å². The highest BCUT2D eigenvalue weighted by Gasteiger charge is 2.07. The first-order valence-electron chi connectivity index (χ1n) is 5.97. The van der Waals surface area contributed by atoms with Gasteiger partial charge in [0, 0.05) is 23.5 Å². The molecule has 1 aromatic carbocycles. The van der Waals surface area contributed by atoms with E-state index in [1.54, 1.807) is 6.07 Å². The van der Waals surface area contributed by atoms with E-state index in [4.69, 9.17) is 0 Å². The zero-order valence-electron chi connectivity index (χ0n) is 10.9. The maximum Gasteiger partial charge on any atom is 0.271 e. The first kappa shape index (κ1) is 13.0. The molecule has 0 atom stereocenters. The van der Waals surface area contributed by atoms with Crippen LogP contribution in [0.3, 0.4) is 0 Å². The average molecular weight is 257 g/mol. The second-order valence-corrected chi connectivity index (χ2v) is 4.44. The van der Waals surface area contributed by atoms with Gasteiger partial charge in [-0.05, 0) is 37.6 Å². The Morgan fingerprint density at radius 2 is 2.05 bits per heavy atom. The number of nitro groups is 1. The van der Waals surface area contributed by atoms with E-state index >= 15 is 0 Å². The van der Waals surface area contributed by atoms with Crippen molar-refractivity contribution in [2.75, 3.05) is 5.32 Å². The van der Waals surface area contributed by atoms with Gasteiger partial charge in [0.15, 0.2) is 0 Å². The smallest absolute Gasteiger partial charge is 0.271 e. The number of non-ortho nitro benzene ring substituents is 1. The number of anilines is 1. The Hall–Kier alpha value is -2.43. The minimum atomic E-state index is -0.386. The van der Waals surface area contributed by atoms with Crippen molar-refractivity contribution in [3.8, 4) is 0 Å². The summed E-state index contributed by atoms with van der Waals surface area (Å²) in [5.74, 6) is 0. The molecule has 0 aliphatic carbocycles. The van der Waals surface area contributed by atoms with Crippen molar-refractivity contribution in [1.82, 2.24) is 4.98 Å². The molecule has 0 spiro atoms. The van der Waals surface area contributed by atoms with E-state index in [-0.39, 0.29) is 10.6 Å². The number of nitrogens with one attached hydrogen (secondary N) is 1. The van der Waals surface area contributed by atoms with Crippen LogP contribution in [-0.4, -0.2) is 9.91 Å². The Kier molecular flexibility index (Phi) is 3.75. The third kappa shape index (κ3) is 3.51. The highest BCUT2D eigenvalue weighted by molar-refractivity contribution is 5.53. The van der Waals surface area contributed by atoms with Gasteiger partial charge in [-0.1, -0.05) is 6.07 Å². The van der Waals surface area contributed by atoms with E-state index in [0.717, 1.165) is 22.6 Å². The van der Waals surface area contributed by atoms with Crippen molar-refractivity contribution in [2.45, 2.75) is 20.4 Å². The van der Waals surface area contributed by atoms with Crippen molar-refractivity contribution in [1.29, 1.82) is 0 Å². The van der Waals surface area contributed by atoms with Crippen LogP contribution in [0, 0.1) is 24.0 Å². The summed E-state index contributed by atoms with van der Waals surface area (Å²) in [5.41, 5.74) is 3.54. The van der Waals surface area contributed by atoms with Gasteiger partial charge < -0.3 is 5.32 Å². The quantitative estimate of drug-likeness (QED) is 0.674. The molecule has 98 valence electrons. The monoisotopic (exact) mass is 257 g/mol. The Labute approximate surface area is 111 Å². The molecule has 0 aliphatic heterocycles. The molecule has 5 nitrogen and oxygen atoms in total. The number of hydrogen-bond donors (Lipinski definition) is 1. The maximum absolute atomic E-state index is 10.8. The van der Waals surface area contributed by atoms with Gasteiger partial charge in [0.25, 0.3) is 5.69 Å². The fraction of sp³-hybridized carbons (Fsp3) is 0.214. The predicted molar refractivity (Wildman–Crippen MR) is 74.1 cm³/mol. The number of aromatic nitrogens is 1. The molecule has 0 bridgehead atoms. The number of pyridine rings is 1. The number of nitro benzene ring substituents is 1. The molecular weight excluding hydrogens is 242 g/mol. The molecule has 0 aliphatic rings. The van der Waals surface area contributed by atoms with Gasteiger partial charge in [-0.25, -0.2) is 0 Å². The Morgan fingerprint density at radius 3 is 2.74 bits per heavy atom. The van der Waals surface area contributed by atoms with Crippen molar-refractivity contribution < 1.29 is 4.92 Å². The number of rotatable bonds is 4. The highest BCUT2D eigenvalue weighted by Crippen LogP contribution is 2.20. The lowest BCUT2D eigenvalue weighted by atomic mass is 10.2. The standard InChI is InChI=1S/C14H15N3O2/c1-10-6-13(8-14(7-10)17(18)19)15-9-12-5-3-4-11(2)16-12/h3-8,15H,9H2,1-2H3. The van der Waals surface area contributed by atoms with Gasteiger partial charge in [0.1, 0.15) is 0 Å². The zero-order chi connectivity index (χ0) is 13.8. The van der Waals surface area contributed by atoms with Gasteiger partial charge >= 0.3 is 0 Å². The van der Waals surface area contributed by atoms with Crippen LogP contribution in [0.5, 0.6) is 0 Å². The summed E-state index contributed by atoms with van der Waals surface area (Å²) >= 11 is 0. The van der Waals surface area contributed by atoms with Crippen molar-refractivity contribution in [2.24, 2.45) is 0 Å². The first-order valence-corrected chi connectivity index (χ1v) is 5.97. The summed E-state index contributed by atoms with van der Waals surface area (Å²) in [5, 5.41) is 13.9. The van der Waals surface area contributed by atoms with E-state index < -0.39 is 0 Å². The molecule has 5 heteroatoms. The van der Waals surface area contributed by atoms with Crippen LogP contribution in [0.1, 0.15) is 17.0 Å². The minimum absolute atomic E-state index is 0.0969. The summed E-state index contributed by atoms with van der Waals surface area (Å²) < 4.78 is 0. The molecule has 1 heterocycles. The van der Waals surface area contributed by atoms with Gasteiger partial charge in [0.05, 0.1) is 17.2 Å². The van der Waals surface area contributed by atoms with E-state index in [2.05, 4.69) is 10.3 Å². The van der Waals surface area contributed by atoms with E-state index in [1.165, 1.54) is 6.07 Å². The topological polar surface area (TPSA) is 68.1 Å². The van der Waals surface area contributed by atoms with Crippen LogP contribution in [-0.2, 0) is 6.54 Å². The summed E-state index contributed by atoms with van der Waals surface area (Å²) in [6.45, 7) is 4.31. The van der Waals surface area contributed by atoms with Crippen LogP contribution in [0.25, 0.3) is 0 Å². The van der Waals surface area contributed by atoms with Crippen LogP contribution in [0.2, 0.25) is 0 Å². The fourth-order valence-electron chi connectivity index (χ4n) is 1.86. The molecule has 0 fully saturated rings. The molecule has 2 rings (SSSR count). The Morgan fingerprint density at radius 1 is 1.26 bits per heavy atom. The summed E-state index contributed by atoms with van der Waals surface area (Å²) in [6, 6.07) is 10.8. The highest BCUT2D eigenvalue weighted by atomic mass is 16.6. The zero-order valence-corrected chi connectivity index (χ0v) is 10.9. The maximum atomic E-state index is 10.8. The second kappa shape index (κ2) is 5.48. The number of aryl methyl sites for hydroxylation is 2. The fourth-order valence-corrected chi connectivity index (χ4v) is 1.86. The number of nitrogens with zero attached hydrogens (tertiary/aromatic N) is 2. The molecule has 2 aromatic rings. The predicted octanol–water partition coefficient (Wildman–Crippen LogP) is 3.22. The average Bonchev–Trinajstić information content (AvgIpc) is 2.36. The van der Waals surface area contributed by atoms with Crippen molar-refractivity contribution in [3.63, 3.8) is 0 Å².